The van der Waals surface area contributed by atoms with Crippen LogP contribution < -0.4 is 0 Å². The van der Waals surface area contributed by atoms with E-state index in [1.807, 2.05) is 0 Å². The fourth-order valence-electron chi connectivity index (χ4n) is 5.71. The van der Waals surface area contributed by atoms with Crippen LogP contribution in [-0.2, 0) is 5.41 Å². The van der Waals surface area contributed by atoms with E-state index in [0.717, 1.165) is 19.3 Å². The first-order chi connectivity index (χ1) is 10.5. The topological polar surface area (TPSA) is 80.4 Å². The molecule has 0 aromatic heterocycles. The molecule has 1 aromatic rings. The van der Waals surface area contributed by atoms with Gasteiger partial charge in [0.15, 0.2) is 0 Å². The summed E-state index contributed by atoms with van der Waals surface area (Å²) < 4.78 is 0. The van der Waals surface area contributed by atoms with Gasteiger partial charge in [0.25, 0.3) is 5.69 Å². The SMILES string of the molecule is O=C(O)c1ccc([N+](=O)[O-])cc1C12CC3CC(CC(C3)C1)C2. The molecule has 0 aliphatic heterocycles. The number of aromatic carboxylic acids is 1. The fourth-order valence-corrected chi connectivity index (χ4v) is 5.71. The van der Waals surface area contributed by atoms with Gasteiger partial charge in [-0.3, -0.25) is 10.1 Å². The molecule has 5 heteroatoms. The van der Waals surface area contributed by atoms with Crippen molar-refractivity contribution in [3.8, 4) is 0 Å². The Morgan fingerprint density at radius 3 is 2.14 bits per heavy atom. The highest BCUT2D eigenvalue weighted by Gasteiger charge is 2.52. The summed E-state index contributed by atoms with van der Waals surface area (Å²) in [6.07, 6.45) is 6.78. The van der Waals surface area contributed by atoms with Gasteiger partial charge in [0, 0.05) is 12.1 Å². The lowest BCUT2D eigenvalue weighted by atomic mass is 9.47. The van der Waals surface area contributed by atoms with Crippen molar-refractivity contribution in [2.45, 2.75) is 43.9 Å². The molecule has 0 heterocycles. The molecule has 0 unspecified atom stereocenters. The number of hydrogen-bond acceptors (Lipinski definition) is 3. The second-order valence-corrected chi connectivity index (χ2v) is 7.49. The predicted molar refractivity (Wildman–Crippen MR) is 79.9 cm³/mol. The van der Waals surface area contributed by atoms with Crippen molar-refractivity contribution in [3.63, 3.8) is 0 Å². The van der Waals surface area contributed by atoms with Crippen molar-refractivity contribution in [2.75, 3.05) is 0 Å². The molecule has 5 rings (SSSR count). The highest BCUT2D eigenvalue weighted by molar-refractivity contribution is 5.90. The number of rotatable bonds is 3. The van der Waals surface area contributed by atoms with E-state index in [0.29, 0.717) is 23.3 Å². The molecule has 0 radical (unpaired) electrons. The molecule has 5 nitrogen and oxygen atoms in total. The third-order valence-electron chi connectivity index (χ3n) is 6.05. The predicted octanol–water partition coefficient (Wildman–Crippen LogP) is 3.76. The number of nitrogens with zero attached hydrogens (tertiary/aromatic N) is 1. The van der Waals surface area contributed by atoms with Gasteiger partial charge < -0.3 is 5.11 Å². The van der Waals surface area contributed by atoms with Gasteiger partial charge >= 0.3 is 5.97 Å². The Bertz CT molecular complexity index is 631. The molecule has 0 saturated heterocycles. The number of nitro groups is 1. The molecular formula is C17H19NO4. The largest absolute Gasteiger partial charge is 0.478 e. The minimum absolute atomic E-state index is 0.00995. The summed E-state index contributed by atoms with van der Waals surface area (Å²) in [6, 6.07) is 4.28. The van der Waals surface area contributed by atoms with Crippen molar-refractivity contribution in [3.05, 3.63) is 39.4 Å². The Kier molecular flexibility index (Phi) is 2.83. The maximum absolute atomic E-state index is 11.6. The Morgan fingerprint density at radius 1 is 1.14 bits per heavy atom. The molecule has 4 fully saturated rings. The van der Waals surface area contributed by atoms with Crippen LogP contribution in [0.4, 0.5) is 5.69 Å². The van der Waals surface area contributed by atoms with Crippen LogP contribution in [0.15, 0.2) is 18.2 Å². The third-order valence-corrected chi connectivity index (χ3v) is 6.05. The summed E-state index contributed by atoms with van der Waals surface area (Å²) in [5.74, 6) is 1.05. The second-order valence-electron chi connectivity index (χ2n) is 7.49. The standard InChI is InChI=1S/C17H19NO4/c19-16(20)14-2-1-13(18(21)22)6-15(14)17-7-10-3-11(8-17)5-12(4-10)9-17/h1-2,6,10-12H,3-5,7-9H2,(H,19,20). The highest BCUT2D eigenvalue weighted by Crippen LogP contribution is 2.61. The van der Waals surface area contributed by atoms with E-state index >= 15 is 0 Å². The summed E-state index contributed by atoms with van der Waals surface area (Å²) in [5.41, 5.74) is 0.839. The van der Waals surface area contributed by atoms with Crippen molar-refractivity contribution in [1.82, 2.24) is 0 Å². The van der Waals surface area contributed by atoms with Crippen LogP contribution in [0.5, 0.6) is 0 Å². The van der Waals surface area contributed by atoms with Crippen LogP contribution in [0.2, 0.25) is 0 Å². The maximum Gasteiger partial charge on any atom is 0.335 e. The lowest BCUT2D eigenvalue weighted by Gasteiger charge is -2.57. The van der Waals surface area contributed by atoms with Crippen LogP contribution in [0.1, 0.15) is 54.4 Å². The van der Waals surface area contributed by atoms with E-state index < -0.39 is 10.9 Å². The lowest BCUT2D eigenvalue weighted by Crippen LogP contribution is -2.49. The average molecular weight is 301 g/mol. The monoisotopic (exact) mass is 301 g/mol. The Labute approximate surface area is 128 Å². The van der Waals surface area contributed by atoms with Crippen LogP contribution in [-0.4, -0.2) is 16.0 Å². The molecule has 4 aliphatic carbocycles. The quantitative estimate of drug-likeness (QED) is 0.681. The molecule has 22 heavy (non-hydrogen) atoms. The first kappa shape index (κ1) is 13.7. The van der Waals surface area contributed by atoms with Crippen LogP contribution >= 0.6 is 0 Å². The first-order valence-corrected chi connectivity index (χ1v) is 7.99. The number of nitro benzene ring substituents is 1. The molecule has 4 aliphatic rings. The smallest absolute Gasteiger partial charge is 0.335 e. The zero-order chi connectivity index (χ0) is 15.5. The molecule has 1 aromatic carbocycles. The summed E-state index contributed by atoms with van der Waals surface area (Å²) in [6.45, 7) is 0. The average Bonchev–Trinajstić information content (AvgIpc) is 2.45. The highest BCUT2D eigenvalue weighted by atomic mass is 16.6. The maximum atomic E-state index is 11.6. The summed E-state index contributed by atoms with van der Waals surface area (Å²) in [5, 5.41) is 20.6. The van der Waals surface area contributed by atoms with Crippen molar-refractivity contribution < 1.29 is 14.8 Å². The second kappa shape index (κ2) is 4.54. The molecule has 4 saturated carbocycles. The molecule has 4 bridgehead atoms. The number of carboxylic acids is 1. The molecule has 0 atom stereocenters. The first-order valence-electron chi connectivity index (χ1n) is 7.99. The van der Waals surface area contributed by atoms with E-state index in [4.69, 9.17) is 0 Å². The van der Waals surface area contributed by atoms with Crippen molar-refractivity contribution >= 4 is 11.7 Å². The Morgan fingerprint density at radius 2 is 1.68 bits per heavy atom. The van der Waals surface area contributed by atoms with E-state index in [1.54, 1.807) is 0 Å². The van der Waals surface area contributed by atoms with Gasteiger partial charge in [-0.2, -0.15) is 0 Å². The number of benzene rings is 1. The van der Waals surface area contributed by atoms with Gasteiger partial charge in [0.2, 0.25) is 0 Å². The minimum Gasteiger partial charge on any atom is -0.478 e. The molecule has 116 valence electrons. The molecule has 0 amide bonds. The van der Waals surface area contributed by atoms with Gasteiger partial charge in [-0.05, 0) is 73.3 Å². The number of carboxylic acid groups (broad SMARTS) is 1. The zero-order valence-corrected chi connectivity index (χ0v) is 12.3. The summed E-state index contributed by atoms with van der Waals surface area (Å²) >= 11 is 0. The van der Waals surface area contributed by atoms with E-state index in [9.17, 15) is 20.0 Å². The summed E-state index contributed by atoms with van der Waals surface area (Å²) in [7, 11) is 0. The minimum atomic E-state index is -0.972. The molecular weight excluding hydrogens is 282 g/mol. The number of carbonyl (C=O) groups is 1. The molecule has 1 N–H and O–H groups in total. The summed E-state index contributed by atoms with van der Waals surface area (Å²) in [4.78, 5) is 22.3. The van der Waals surface area contributed by atoms with Gasteiger partial charge in [0.05, 0.1) is 10.5 Å². The van der Waals surface area contributed by atoms with E-state index in [1.165, 1.54) is 37.5 Å². The molecule has 0 spiro atoms. The zero-order valence-electron chi connectivity index (χ0n) is 12.3. The van der Waals surface area contributed by atoms with Crippen LogP contribution in [0.3, 0.4) is 0 Å². The Hall–Kier alpha value is -1.91. The number of non-ortho nitro benzene ring substituents is 1. The van der Waals surface area contributed by atoms with Gasteiger partial charge in [0.1, 0.15) is 0 Å². The van der Waals surface area contributed by atoms with Crippen molar-refractivity contribution in [2.24, 2.45) is 17.8 Å². The normalized spacial score (nSPS) is 35.5. The van der Waals surface area contributed by atoms with Crippen LogP contribution in [0, 0.1) is 27.9 Å². The Balaban J connectivity index is 1.85. The van der Waals surface area contributed by atoms with Crippen LogP contribution in [0.25, 0.3) is 0 Å². The van der Waals surface area contributed by atoms with Gasteiger partial charge in [-0.15, -0.1) is 0 Å². The van der Waals surface area contributed by atoms with Gasteiger partial charge in [-0.25, -0.2) is 4.79 Å². The van der Waals surface area contributed by atoms with E-state index in [2.05, 4.69) is 0 Å². The van der Waals surface area contributed by atoms with Crippen molar-refractivity contribution in [1.29, 1.82) is 0 Å². The van der Waals surface area contributed by atoms with E-state index in [-0.39, 0.29) is 16.7 Å². The fraction of sp³-hybridized carbons (Fsp3) is 0.588. The van der Waals surface area contributed by atoms with Gasteiger partial charge in [-0.1, -0.05) is 0 Å². The number of hydrogen-bond donors (Lipinski definition) is 1. The lowest BCUT2D eigenvalue weighted by molar-refractivity contribution is -0.385. The third kappa shape index (κ3) is 1.95.